The Morgan fingerprint density at radius 2 is 2.00 bits per heavy atom. The highest BCUT2D eigenvalue weighted by Gasteiger charge is 2.08. The first-order chi connectivity index (χ1) is 8.65. The first kappa shape index (κ1) is 15.0. The molecule has 18 heavy (non-hydrogen) atoms. The first-order valence-corrected chi connectivity index (χ1v) is 6.71. The molecule has 1 aromatic carbocycles. The Balaban J connectivity index is 2.43. The smallest absolute Gasteiger partial charge is 0.124 e. The molecule has 0 aromatic heterocycles. The monoisotopic (exact) mass is 251 g/mol. The van der Waals surface area contributed by atoms with Crippen LogP contribution in [0.1, 0.15) is 43.9 Å². The molecule has 0 saturated carbocycles. The number of hydrogen-bond donors (Lipinski definition) is 1. The Hall–Kier alpha value is -1.06. The van der Waals surface area contributed by atoms with Crippen molar-refractivity contribution in [1.29, 1.82) is 0 Å². The van der Waals surface area contributed by atoms with Gasteiger partial charge in [0.2, 0.25) is 0 Å². The zero-order valence-electron chi connectivity index (χ0n) is 11.7. The highest BCUT2D eigenvalue weighted by molar-refractivity contribution is 5.38. The molecule has 0 saturated heterocycles. The molecule has 1 aromatic rings. The van der Waals surface area contributed by atoms with Crippen LogP contribution in [0.3, 0.4) is 0 Å². The second kappa shape index (κ2) is 8.11. The third-order valence-corrected chi connectivity index (χ3v) is 2.79. The van der Waals surface area contributed by atoms with Gasteiger partial charge in [-0.1, -0.05) is 25.5 Å². The zero-order chi connectivity index (χ0) is 13.4. The Morgan fingerprint density at radius 1 is 1.22 bits per heavy atom. The van der Waals surface area contributed by atoms with Crippen LogP contribution < -0.4 is 10.5 Å². The topological polar surface area (TPSA) is 44.5 Å². The van der Waals surface area contributed by atoms with E-state index in [1.165, 1.54) is 5.56 Å². The van der Waals surface area contributed by atoms with Crippen molar-refractivity contribution >= 4 is 0 Å². The van der Waals surface area contributed by atoms with E-state index in [9.17, 15) is 0 Å². The van der Waals surface area contributed by atoms with E-state index in [1.807, 2.05) is 19.1 Å². The number of ether oxygens (including phenoxy) is 2. The predicted octanol–water partition coefficient (Wildman–Crippen LogP) is 3.21. The van der Waals surface area contributed by atoms with Crippen LogP contribution in [0.5, 0.6) is 5.75 Å². The summed E-state index contributed by atoms with van der Waals surface area (Å²) < 4.78 is 11.2. The fourth-order valence-corrected chi connectivity index (χ4v) is 1.70. The van der Waals surface area contributed by atoms with E-state index in [0.29, 0.717) is 13.2 Å². The van der Waals surface area contributed by atoms with Crippen LogP contribution in [0.2, 0.25) is 0 Å². The summed E-state index contributed by atoms with van der Waals surface area (Å²) in [6, 6.07) is 6.11. The SMILES string of the molecule is CCCCOCCOc1cc(C)ccc1[C@H](C)N. The molecule has 3 heteroatoms. The number of nitrogens with two attached hydrogens (primary N) is 1. The Morgan fingerprint density at radius 3 is 2.67 bits per heavy atom. The molecule has 0 spiro atoms. The molecular weight excluding hydrogens is 226 g/mol. The lowest BCUT2D eigenvalue weighted by Crippen LogP contribution is -2.12. The van der Waals surface area contributed by atoms with Gasteiger partial charge < -0.3 is 15.2 Å². The molecule has 0 radical (unpaired) electrons. The maximum absolute atomic E-state index is 5.92. The largest absolute Gasteiger partial charge is 0.491 e. The maximum atomic E-state index is 5.92. The summed E-state index contributed by atoms with van der Waals surface area (Å²) in [6.45, 7) is 8.19. The van der Waals surface area contributed by atoms with E-state index in [0.717, 1.165) is 30.8 Å². The zero-order valence-corrected chi connectivity index (χ0v) is 11.7. The molecule has 0 amide bonds. The van der Waals surface area contributed by atoms with Gasteiger partial charge in [-0.2, -0.15) is 0 Å². The summed E-state index contributed by atoms with van der Waals surface area (Å²) in [5.74, 6) is 0.879. The van der Waals surface area contributed by atoms with Gasteiger partial charge in [-0.25, -0.2) is 0 Å². The molecule has 0 aliphatic rings. The fraction of sp³-hybridized carbons (Fsp3) is 0.600. The average Bonchev–Trinajstić information content (AvgIpc) is 2.33. The van der Waals surface area contributed by atoms with Gasteiger partial charge in [-0.05, 0) is 31.9 Å². The molecule has 1 atom stereocenters. The lowest BCUT2D eigenvalue weighted by Gasteiger charge is -2.14. The van der Waals surface area contributed by atoms with Crippen LogP contribution in [-0.4, -0.2) is 19.8 Å². The van der Waals surface area contributed by atoms with Gasteiger partial charge in [0, 0.05) is 18.2 Å². The quantitative estimate of drug-likeness (QED) is 0.722. The van der Waals surface area contributed by atoms with Gasteiger partial charge in [0.25, 0.3) is 0 Å². The van der Waals surface area contributed by atoms with Crippen molar-refractivity contribution in [3.63, 3.8) is 0 Å². The van der Waals surface area contributed by atoms with Gasteiger partial charge in [0.1, 0.15) is 12.4 Å². The maximum Gasteiger partial charge on any atom is 0.124 e. The number of benzene rings is 1. The van der Waals surface area contributed by atoms with Crippen LogP contribution >= 0.6 is 0 Å². The standard InChI is InChI=1S/C15H25NO2/c1-4-5-8-17-9-10-18-15-11-12(2)6-7-14(15)13(3)16/h6-7,11,13H,4-5,8-10,16H2,1-3H3/t13-/m0/s1. The first-order valence-electron chi connectivity index (χ1n) is 6.71. The number of aryl methyl sites for hydroxylation is 1. The molecule has 0 fully saturated rings. The molecule has 0 heterocycles. The van der Waals surface area contributed by atoms with Gasteiger partial charge in [0.15, 0.2) is 0 Å². The number of hydrogen-bond acceptors (Lipinski definition) is 3. The van der Waals surface area contributed by atoms with Crippen molar-refractivity contribution in [2.45, 2.75) is 39.7 Å². The second-order valence-corrected chi connectivity index (χ2v) is 4.64. The van der Waals surface area contributed by atoms with Crippen LogP contribution in [0.4, 0.5) is 0 Å². The Labute approximate surface area is 110 Å². The Bertz CT molecular complexity index is 350. The van der Waals surface area contributed by atoms with Gasteiger partial charge in [-0.15, -0.1) is 0 Å². The second-order valence-electron chi connectivity index (χ2n) is 4.64. The molecule has 3 nitrogen and oxygen atoms in total. The predicted molar refractivity (Wildman–Crippen MR) is 75.0 cm³/mol. The molecule has 1 rings (SSSR count). The molecule has 102 valence electrons. The van der Waals surface area contributed by atoms with Crippen LogP contribution in [0, 0.1) is 6.92 Å². The van der Waals surface area contributed by atoms with Crippen molar-refractivity contribution in [3.8, 4) is 5.75 Å². The van der Waals surface area contributed by atoms with Crippen molar-refractivity contribution in [3.05, 3.63) is 29.3 Å². The normalized spacial score (nSPS) is 12.4. The van der Waals surface area contributed by atoms with Crippen molar-refractivity contribution in [2.75, 3.05) is 19.8 Å². The number of unbranched alkanes of at least 4 members (excludes halogenated alkanes) is 1. The summed E-state index contributed by atoms with van der Waals surface area (Å²) in [5, 5.41) is 0. The van der Waals surface area contributed by atoms with Crippen LogP contribution in [0.15, 0.2) is 18.2 Å². The molecule has 0 bridgehead atoms. The highest BCUT2D eigenvalue weighted by atomic mass is 16.5. The van der Waals surface area contributed by atoms with E-state index >= 15 is 0 Å². The van der Waals surface area contributed by atoms with Gasteiger partial charge in [0.05, 0.1) is 6.61 Å². The van der Waals surface area contributed by atoms with E-state index in [2.05, 4.69) is 19.9 Å². The summed E-state index contributed by atoms with van der Waals surface area (Å²) in [6.07, 6.45) is 2.27. The molecular formula is C15H25NO2. The van der Waals surface area contributed by atoms with Gasteiger partial charge in [-0.3, -0.25) is 0 Å². The van der Waals surface area contributed by atoms with Crippen molar-refractivity contribution < 1.29 is 9.47 Å². The summed E-state index contributed by atoms with van der Waals surface area (Å²) >= 11 is 0. The highest BCUT2D eigenvalue weighted by Crippen LogP contribution is 2.24. The number of rotatable bonds is 8. The molecule has 0 aliphatic heterocycles. The minimum atomic E-state index is -0.0124. The molecule has 0 unspecified atom stereocenters. The third-order valence-electron chi connectivity index (χ3n) is 2.79. The van der Waals surface area contributed by atoms with E-state index in [1.54, 1.807) is 0 Å². The third kappa shape index (κ3) is 5.07. The minimum Gasteiger partial charge on any atom is -0.491 e. The summed E-state index contributed by atoms with van der Waals surface area (Å²) in [7, 11) is 0. The Kier molecular flexibility index (Phi) is 6.76. The summed E-state index contributed by atoms with van der Waals surface area (Å²) in [5.41, 5.74) is 8.16. The van der Waals surface area contributed by atoms with Crippen molar-refractivity contribution in [1.82, 2.24) is 0 Å². The van der Waals surface area contributed by atoms with E-state index < -0.39 is 0 Å². The molecule has 2 N–H and O–H groups in total. The van der Waals surface area contributed by atoms with Crippen LogP contribution in [-0.2, 0) is 4.74 Å². The minimum absolute atomic E-state index is 0.0124. The van der Waals surface area contributed by atoms with Crippen molar-refractivity contribution in [2.24, 2.45) is 5.73 Å². The summed E-state index contributed by atoms with van der Waals surface area (Å²) in [4.78, 5) is 0. The lowest BCUT2D eigenvalue weighted by molar-refractivity contribution is 0.0976. The van der Waals surface area contributed by atoms with E-state index in [-0.39, 0.29) is 6.04 Å². The fourth-order valence-electron chi connectivity index (χ4n) is 1.70. The van der Waals surface area contributed by atoms with Crippen LogP contribution in [0.25, 0.3) is 0 Å². The lowest BCUT2D eigenvalue weighted by atomic mass is 10.1. The molecule has 0 aliphatic carbocycles. The average molecular weight is 251 g/mol. The van der Waals surface area contributed by atoms with E-state index in [4.69, 9.17) is 15.2 Å². The van der Waals surface area contributed by atoms with Gasteiger partial charge >= 0.3 is 0 Å².